The van der Waals surface area contributed by atoms with Gasteiger partial charge in [0, 0.05) is 5.56 Å². The molecule has 1 rings (SSSR count). The molecular weight excluding hydrogens is 206 g/mol. The van der Waals surface area contributed by atoms with E-state index >= 15 is 0 Å². The quantitative estimate of drug-likeness (QED) is 0.716. The molecule has 0 saturated heterocycles. The van der Waals surface area contributed by atoms with Crippen molar-refractivity contribution in [3.8, 4) is 0 Å². The van der Waals surface area contributed by atoms with Gasteiger partial charge in [0.05, 0.1) is 5.88 Å². The normalized spacial score (nSPS) is 10.6. The van der Waals surface area contributed by atoms with Crippen LogP contribution in [0.15, 0.2) is 30.3 Å². The summed E-state index contributed by atoms with van der Waals surface area (Å²) in [6, 6.07) is 9.43. The van der Waals surface area contributed by atoms with Crippen molar-refractivity contribution < 1.29 is 4.79 Å². The number of rotatable bonds is 5. The van der Waals surface area contributed by atoms with E-state index in [4.69, 9.17) is 0 Å². The Morgan fingerprint density at radius 1 is 1.20 bits per heavy atom. The lowest BCUT2D eigenvalue weighted by Gasteiger charge is -2.16. The van der Waals surface area contributed by atoms with Gasteiger partial charge >= 0.3 is 0 Å². The summed E-state index contributed by atoms with van der Waals surface area (Å²) in [6.45, 7) is 6.20. The number of hydrogen-bond donors (Lipinski definition) is 0. The van der Waals surface area contributed by atoms with Crippen LogP contribution in [-0.2, 0) is 0 Å². The molecule has 0 fully saturated rings. The van der Waals surface area contributed by atoms with Gasteiger partial charge in [0.2, 0.25) is 5.12 Å². The second kappa shape index (κ2) is 6.64. The molecule has 0 bridgehead atoms. The van der Waals surface area contributed by atoms with E-state index in [1.54, 1.807) is 0 Å². The predicted octanol–water partition coefficient (Wildman–Crippen LogP) is 2.86. The van der Waals surface area contributed by atoms with E-state index in [0.29, 0.717) is 0 Å². The molecule has 15 heavy (non-hydrogen) atoms. The summed E-state index contributed by atoms with van der Waals surface area (Å²) >= 11 is 1.37. The molecule has 2 nitrogen and oxygen atoms in total. The number of carbonyl (C=O) groups is 1. The van der Waals surface area contributed by atoms with Crippen LogP contribution < -0.4 is 0 Å². The van der Waals surface area contributed by atoms with Crippen molar-refractivity contribution in [3.05, 3.63) is 35.9 Å². The van der Waals surface area contributed by atoms with Crippen LogP contribution in [0.4, 0.5) is 0 Å². The summed E-state index contributed by atoms with van der Waals surface area (Å²) < 4.78 is 0. The Morgan fingerprint density at radius 2 is 1.80 bits per heavy atom. The van der Waals surface area contributed by atoms with E-state index in [1.807, 2.05) is 30.3 Å². The van der Waals surface area contributed by atoms with Crippen molar-refractivity contribution in [3.63, 3.8) is 0 Å². The van der Waals surface area contributed by atoms with Crippen LogP contribution in [0.1, 0.15) is 24.2 Å². The summed E-state index contributed by atoms with van der Waals surface area (Å²) in [5.41, 5.74) is 0.787. The molecule has 0 N–H and O–H groups in total. The van der Waals surface area contributed by atoms with Crippen LogP contribution in [0.3, 0.4) is 0 Å². The zero-order chi connectivity index (χ0) is 11.1. The largest absolute Gasteiger partial charge is 0.294 e. The molecule has 0 aliphatic carbocycles. The molecule has 0 aliphatic rings. The second-order valence-electron chi connectivity index (χ2n) is 3.23. The molecule has 0 aliphatic heterocycles. The third-order valence-electron chi connectivity index (χ3n) is 2.28. The molecule has 0 spiro atoms. The highest BCUT2D eigenvalue weighted by Crippen LogP contribution is 2.13. The van der Waals surface area contributed by atoms with Crippen molar-refractivity contribution in [2.24, 2.45) is 0 Å². The van der Waals surface area contributed by atoms with Crippen LogP contribution in [-0.4, -0.2) is 29.0 Å². The zero-order valence-electron chi connectivity index (χ0n) is 9.27. The van der Waals surface area contributed by atoms with Crippen molar-refractivity contribution in [2.45, 2.75) is 13.8 Å². The van der Waals surface area contributed by atoms with Gasteiger partial charge in [-0.15, -0.1) is 0 Å². The molecule has 82 valence electrons. The summed E-state index contributed by atoms with van der Waals surface area (Å²) in [6.07, 6.45) is 0. The van der Waals surface area contributed by atoms with Gasteiger partial charge in [-0.2, -0.15) is 0 Å². The van der Waals surface area contributed by atoms with Gasteiger partial charge in [-0.3, -0.25) is 9.69 Å². The Balaban J connectivity index is 2.43. The first-order valence-corrected chi connectivity index (χ1v) is 6.21. The summed E-state index contributed by atoms with van der Waals surface area (Å²) in [4.78, 5) is 13.9. The van der Waals surface area contributed by atoms with Crippen molar-refractivity contribution in [1.29, 1.82) is 0 Å². The Morgan fingerprint density at radius 3 is 2.33 bits per heavy atom. The van der Waals surface area contributed by atoms with E-state index in [0.717, 1.165) is 24.5 Å². The number of nitrogens with zero attached hydrogens (tertiary/aromatic N) is 1. The predicted molar refractivity (Wildman–Crippen MR) is 66.2 cm³/mol. The third-order valence-corrected chi connectivity index (χ3v) is 3.27. The van der Waals surface area contributed by atoms with Crippen molar-refractivity contribution in [2.75, 3.05) is 19.0 Å². The minimum atomic E-state index is 0.155. The Bertz CT molecular complexity index is 296. The molecule has 0 amide bonds. The van der Waals surface area contributed by atoms with Gasteiger partial charge in [0.15, 0.2) is 0 Å². The average Bonchev–Trinajstić information content (AvgIpc) is 2.31. The number of benzene rings is 1. The van der Waals surface area contributed by atoms with Gasteiger partial charge in [0.25, 0.3) is 0 Å². The molecule has 3 heteroatoms. The fourth-order valence-electron chi connectivity index (χ4n) is 1.21. The lowest BCUT2D eigenvalue weighted by atomic mass is 10.2. The van der Waals surface area contributed by atoms with E-state index in [2.05, 4.69) is 18.7 Å². The maximum atomic E-state index is 11.7. The fourth-order valence-corrected chi connectivity index (χ4v) is 2.18. The fraction of sp³-hybridized carbons (Fsp3) is 0.417. The summed E-state index contributed by atoms with van der Waals surface area (Å²) in [5.74, 6) is 0.778. The third kappa shape index (κ3) is 4.06. The Labute approximate surface area is 95.7 Å². The first kappa shape index (κ1) is 12.3. The van der Waals surface area contributed by atoms with E-state index < -0.39 is 0 Å². The maximum absolute atomic E-state index is 11.7. The molecular formula is C12H17NOS. The molecule has 0 saturated carbocycles. The van der Waals surface area contributed by atoms with Crippen LogP contribution in [0.25, 0.3) is 0 Å². The van der Waals surface area contributed by atoms with Crippen molar-refractivity contribution in [1.82, 2.24) is 4.90 Å². The highest BCUT2D eigenvalue weighted by Gasteiger charge is 2.07. The highest BCUT2D eigenvalue weighted by molar-refractivity contribution is 8.14. The van der Waals surface area contributed by atoms with Crippen molar-refractivity contribution >= 4 is 16.9 Å². The monoisotopic (exact) mass is 223 g/mol. The minimum Gasteiger partial charge on any atom is -0.294 e. The van der Waals surface area contributed by atoms with E-state index in [9.17, 15) is 4.79 Å². The zero-order valence-corrected chi connectivity index (χ0v) is 10.1. The first-order chi connectivity index (χ1) is 7.27. The van der Waals surface area contributed by atoms with Gasteiger partial charge in [-0.05, 0) is 13.1 Å². The van der Waals surface area contributed by atoms with Crippen LogP contribution in [0.2, 0.25) is 0 Å². The van der Waals surface area contributed by atoms with Gasteiger partial charge < -0.3 is 0 Å². The van der Waals surface area contributed by atoms with Crippen LogP contribution in [0.5, 0.6) is 0 Å². The lowest BCUT2D eigenvalue weighted by molar-refractivity contribution is 0.108. The van der Waals surface area contributed by atoms with Crippen LogP contribution in [0, 0.1) is 0 Å². The molecule has 1 aromatic carbocycles. The minimum absolute atomic E-state index is 0.155. The van der Waals surface area contributed by atoms with Gasteiger partial charge in [0.1, 0.15) is 0 Å². The second-order valence-corrected chi connectivity index (χ2v) is 4.15. The smallest absolute Gasteiger partial charge is 0.220 e. The van der Waals surface area contributed by atoms with E-state index in [1.165, 1.54) is 11.8 Å². The highest BCUT2D eigenvalue weighted by atomic mass is 32.2. The first-order valence-electron chi connectivity index (χ1n) is 5.22. The Kier molecular flexibility index (Phi) is 5.43. The number of carbonyl (C=O) groups excluding carboxylic acids is 1. The molecule has 0 heterocycles. The molecule has 1 aromatic rings. The van der Waals surface area contributed by atoms with Gasteiger partial charge in [-0.25, -0.2) is 0 Å². The maximum Gasteiger partial charge on any atom is 0.220 e. The standard InChI is InChI=1S/C12H17NOS/c1-3-13(4-2)10-15-12(14)11-8-6-5-7-9-11/h5-9H,3-4,10H2,1-2H3. The molecule has 0 atom stereocenters. The van der Waals surface area contributed by atoms with Gasteiger partial charge in [-0.1, -0.05) is 55.9 Å². The molecule has 0 unspecified atom stereocenters. The van der Waals surface area contributed by atoms with Crippen LogP contribution >= 0.6 is 11.8 Å². The molecule has 0 radical (unpaired) electrons. The lowest BCUT2D eigenvalue weighted by Crippen LogP contribution is -2.22. The van der Waals surface area contributed by atoms with E-state index in [-0.39, 0.29) is 5.12 Å². The Hall–Kier alpha value is -0.800. The molecule has 0 aromatic heterocycles. The topological polar surface area (TPSA) is 20.3 Å². The summed E-state index contributed by atoms with van der Waals surface area (Å²) in [7, 11) is 0. The number of thioether (sulfide) groups is 1. The summed E-state index contributed by atoms with van der Waals surface area (Å²) in [5, 5.41) is 0.155. The SMILES string of the molecule is CCN(CC)CSC(=O)c1ccccc1. The average molecular weight is 223 g/mol. The number of hydrogen-bond acceptors (Lipinski definition) is 3.